The van der Waals surface area contributed by atoms with Crippen molar-refractivity contribution in [1.82, 2.24) is 19.8 Å². The number of carbonyl (C=O) groups excluding carboxylic acids is 2. The standard InChI is InChI=1S/C52H60N6O2S2/c1-36-38(20-17-29-51(3,4)42-21-11-13-23-44(42)53-7)40-18-9-14-24-45(40)57(36)34-49(59)54-30-32-61-62-33-31-55-50(60)35-58-37(2)39(41-19-10-15-25-46(41)58)27-28-48-52(5,6)43-22-12-16-26-47(43)56(48)8/h9-28,53H,29-35H2,1-8H3,(H-,54,55,59,60)/p+2. The van der Waals surface area contributed by atoms with Crippen LogP contribution in [0.5, 0.6) is 0 Å². The summed E-state index contributed by atoms with van der Waals surface area (Å²) >= 11 is 0. The second kappa shape index (κ2) is 19.4. The number of para-hydroxylation sites is 4. The van der Waals surface area contributed by atoms with Gasteiger partial charge in [0.05, 0.1) is 12.5 Å². The molecule has 0 spiro atoms. The van der Waals surface area contributed by atoms with E-state index in [1.807, 2.05) is 12.1 Å². The molecular formula is C52H62N6O2S2+2. The predicted octanol–water partition coefficient (Wildman–Crippen LogP) is 9.45. The number of hydrogen-bond acceptors (Lipinski definition) is 4. The maximum atomic E-state index is 13.2. The molecule has 0 aliphatic carbocycles. The van der Waals surface area contributed by atoms with Gasteiger partial charge in [0.25, 0.3) is 0 Å². The van der Waals surface area contributed by atoms with Crippen LogP contribution in [0.3, 0.4) is 0 Å². The zero-order chi connectivity index (χ0) is 44.0. The van der Waals surface area contributed by atoms with E-state index in [1.54, 1.807) is 21.6 Å². The van der Waals surface area contributed by atoms with Crippen LogP contribution in [0, 0.1) is 13.8 Å². The first kappa shape index (κ1) is 44.8. The molecule has 62 heavy (non-hydrogen) atoms. The number of amides is 2. The number of carbonyl (C=O) groups is 2. The Balaban J connectivity index is 0.865. The first-order chi connectivity index (χ1) is 29.8. The maximum absolute atomic E-state index is 13.2. The van der Waals surface area contributed by atoms with Crippen LogP contribution in [0.15, 0.2) is 109 Å². The molecule has 4 aromatic carbocycles. The highest BCUT2D eigenvalue weighted by molar-refractivity contribution is 8.76. The Morgan fingerprint density at radius 2 is 1.24 bits per heavy atom. The monoisotopic (exact) mass is 866 g/mol. The summed E-state index contributed by atoms with van der Waals surface area (Å²) in [5.41, 5.74) is 12.9. The van der Waals surface area contributed by atoms with E-state index in [-0.39, 0.29) is 35.7 Å². The molecule has 8 nitrogen and oxygen atoms in total. The number of nitrogens with zero attached hydrogens (tertiary/aromatic N) is 3. The van der Waals surface area contributed by atoms with Gasteiger partial charge in [-0.15, -0.1) is 0 Å². The van der Waals surface area contributed by atoms with Crippen LogP contribution >= 0.6 is 21.6 Å². The zero-order valence-electron chi connectivity index (χ0n) is 37.5. The number of aromatic nitrogens is 2. The Kier molecular flexibility index (Phi) is 14.0. The second-order valence-electron chi connectivity index (χ2n) is 17.3. The van der Waals surface area contributed by atoms with Crippen molar-refractivity contribution in [3.63, 3.8) is 0 Å². The van der Waals surface area contributed by atoms with Gasteiger partial charge in [-0.05, 0) is 63.8 Å². The summed E-state index contributed by atoms with van der Waals surface area (Å²) in [4.78, 5) is 26.4. The van der Waals surface area contributed by atoms with Gasteiger partial charge in [-0.2, -0.15) is 4.58 Å². The van der Waals surface area contributed by atoms with E-state index in [4.69, 9.17) is 0 Å². The summed E-state index contributed by atoms with van der Waals surface area (Å²) in [6.45, 7) is 15.1. The third-order valence-electron chi connectivity index (χ3n) is 12.5. The fourth-order valence-electron chi connectivity index (χ4n) is 9.14. The molecule has 0 radical (unpaired) electrons. The summed E-state index contributed by atoms with van der Waals surface area (Å²) in [5.74, 6) is 1.55. The van der Waals surface area contributed by atoms with Crippen molar-refractivity contribution in [2.24, 2.45) is 0 Å². The highest BCUT2D eigenvalue weighted by atomic mass is 33.1. The molecule has 0 atom stereocenters. The van der Waals surface area contributed by atoms with Gasteiger partial charge < -0.3 is 25.1 Å². The number of hydrogen-bond donors (Lipinski definition) is 3. The molecule has 0 saturated carbocycles. The number of nitrogens with one attached hydrogen (secondary N) is 2. The Morgan fingerprint density at radius 3 is 1.82 bits per heavy atom. The van der Waals surface area contributed by atoms with Crippen LogP contribution < -0.4 is 16.0 Å². The molecule has 0 unspecified atom stereocenters. The van der Waals surface area contributed by atoms with Crippen molar-refractivity contribution in [3.8, 4) is 0 Å². The Hall–Kier alpha value is -5.29. The summed E-state index contributed by atoms with van der Waals surface area (Å²) in [6.07, 6.45) is 9.87. The molecule has 0 saturated heterocycles. The van der Waals surface area contributed by atoms with Crippen LogP contribution in [0.2, 0.25) is 0 Å². The Labute approximate surface area is 375 Å². The third kappa shape index (κ3) is 9.38. The lowest BCUT2D eigenvalue weighted by atomic mass is 9.80. The number of quaternary nitrogens is 1. The van der Waals surface area contributed by atoms with Gasteiger partial charge in [0.2, 0.25) is 17.5 Å². The third-order valence-corrected chi connectivity index (χ3v) is 14.9. The van der Waals surface area contributed by atoms with Gasteiger partial charge in [0, 0.05) is 92.2 Å². The van der Waals surface area contributed by atoms with E-state index < -0.39 is 0 Å². The number of benzene rings is 4. The molecule has 6 aromatic rings. The van der Waals surface area contributed by atoms with Crippen molar-refractivity contribution < 1.29 is 19.5 Å². The lowest BCUT2D eigenvalue weighted by Gasteiger charge is -2.24. The fraction of sp³-hybridized carbons (Fsp3) is 0.327. The van der Waals surface area contributed by atoms with Crippen molar-refractivity contribution in [1.29, 1.82) is 0 Å². The fourth-order valence-corrected chi connectivity index (χ4v) is 10.9. The van der Waals surface area contributed by atoms with Gasteiger partial charge in [-0.25, -0.2) is 0 Å². The molecule has 1 aliphatic heterocycles. The van der Waals surface area contributed by atoms with Gasteiger partial charge in [0.1, 0.15) is 25.8 Å². The molecule has 2 amide bonds. The highest BCUT2D eigenvalue weighted by Gasteiger charge is 2.42. The highest BCUT2D eigenvalue weighted by Crippen LogP contribution is 2.40. The summed E-state index contributed by atoms with van der Waals surface area (Å²) in [7, 11) is 7.66. The minimum atomic E-state index is -0.112. The van der Waals surface area contributed by atoms with Crippen molar-refractivity contribution in [3.05, 3.63) is 143 Å². The quantitative estimate of drug-likeness (QED) is 0.0348. The van der Waals surface area contributed by atoms with E-state index in [0.29, 0.717) is 13.1 Å². The summed E-state index contributed by atoms with van der Waals surface area (Å²) in [5, 5.41) is 10.7. The van der Waals surface area contributed by atoms with Crippen LogP contribution in [0.25, 0.3) is 34.0 Å². The molecule has 0 bridgehead atoms. The maximum Gasteiger partial charge on any atom is 0.239 e. The molecule has 322 valence electrons. The topological polar surface area (TPSA) is 87.7 Å². The molecule has 10 heteroatoms. The van der Waals surface area contributed by atoms with Crippen molar-refractivity contribution in [2.45, 2.75) is 71.9 Å². The Morgan fingerprint density at radius 1 is 0.726 bits per heavy atom. The van der Waals surface area contributed by atoms with Gasteiger partial charge in [0.15, 0.2) is 5.71 Å². The van der Waals surface area contributed by atoms with Crippen LogP contribution in [0.1, 0.15) is 67.8 Å². The predicted molar refractivity (Wildman–Crippen MR) is 264 cm³/mol. The first-order valence-electron chi connectivity index (χ1n) is 21.7. The lowest BCUT2D eigenvalue weighted by Crippen LogP contribution is -2.73. The van der Waals surface area contributed by atoms with Crippen LogP contribution in [0.4, 0.5) is 11.4 Å². The van der Waals surface area contributed by atoms with E-state index in [2.05, 4.69) is 195 Å². The Bertz CT molecular complexity index is 2700. The smallest absolute Gasteiger partial charge is 0.239 e. The molecular weight excluding hydrogens is 805 g/mol. The molecule has 7 rings (SSSR count). The molecule has 2 aromatic heterocycles. The first-order valence-corrected chi connectivity index (χ1v) is 24.2. The van der Waals surface area contributed by atoms with Crippen molar-refractivity contribution in [2.75, 3.05) is 38.7 Å². The average Bonchev–Trinajstić information content (AvgIpc) is 3.76. The molecule has 1 aliphatic rings. The average molecular weight is 867 g/mol. The zero-order valence-corrected chi connectivity index (χ0v) is 39.2. The minimum absolute atomic E-state index is 0.00122. The van der Waals surface area contributed by atoms with E-state index >= 15 is 0 Å². The second-order valence-corrected chi connectivity index (χ2v) is 20.0. The van der Waals surface area contributed by atoms with Crippen LogP contribution in [-0.2, 0) is 33.5 Å². The summed E-state index contributed by atoms with van der Waals surface area (Å²) < 4.78 is 6.55. The number of fused-ring (bicyclic) bond motifs is 3. The lowest BCUT2D eigenvalue weighted by molar-refractivity contribution is -0.540. The van der Waals surface area contributed by atoms with E-state index in [0.717, 1.165) is 62.2 Å². The SMILES string of the molecule is C[NH2+]c1ccccc1C(C)(C)CC=Cc1c(C)n(CC(=O)NCCSSCCNC(=O)Cn2c(C)c(C=CC3=[N+](C)c4ccccc4C3(C)C)c3ccccc32)c2ccccc12. The summed E-state index contributed by atoms with van der Waals surface area (Å²) in [6, 6.07) is 33.9. The molecule has 4 N–H and O–H groups in total. The molecule has 0 fully saturated rings. The van der Waals surface area contributed by atoms with Crippen molar-refractivity contribution >= 4 is 84.4 Å². The van der Waals surface area contributed by atoms with Crippen LogP contribution in [-0.4, -0.2) is 69.9 Å². The minimum Gasteiger partial charge on any atom is -0.354 e. The number of rotatable bonds is 18. The van der Waals surface area contributed by atoms with Gasteiger partial charge in [-0.1, -0.05) is 120 Å². The number of nitrogens with two attached hydrogens (primary N) is 1. The largest absolute Gasteiger partial charge is 0.354 e. The van der Waals surface area contributed by atoms with Gasteiger partial charge in [-0.3, -0.25) is 9.59 Å². The number of allylic oxidation sites excluding steroid dienone is 2. The van der Waals surface area contributed by atoms with Gasteiger partial charge >= 0.3 is 0 Å². The normalized spacial score (nSPS) is 13.9. The van der Waals surface area contributed by atoms with E-state index in [1.165, 1.54) is 28.2 Å². The van der Waals surface area contributed by atoms with E-state index in [9.17, 15) is 9.59 Å². The molecule has 3 heterocycles.